The van der Waals surface area contributed by atoms with Gasteiger partial charge < -0.3 is 9.47 Å². The molecule has 0 saturated carbocycles. The van der Waals surface area contributed by atoms with Crippen molar-refractivity contribution in [2.24, 2.45) is 0 Å². The Balaban J connectivity index is 2.28. The number of hydrogen-bond acceptors (Lipinski definition) is 2. The minimum Gasteiger partial charge on any atom is -0.349 e. The Hall–Kier alpha value is -0.220. The van der Waals surface area contributed by atoms with E-state index in [1.165, 1.54) is 14.2 Å². The van der Waals surface area contributed by atoms with Gasteiger partial charge in [0.2, 0.25) is 5.79 Å². The van der Waals surface area contributed by atoms with Crippen molar-refractivity contribution in [1.29, 1.82) is 0 Å². The highest BCUT2D eigenvalue weighted by atomic mass is 35.5. The maximum atomic E-state index is 6.88. The smallest absolute Gasteiger partial charge is 0.225 e. The lowest BCUT2D eigenvalue weighted by molar-refractivity contribution is -0.211. The SMILES string of the molecule is COC1(OC)[C@@]2(Cl)C(c3ccccc3)=C[C@@]1(Cl)C(Cl)=C2Cl. The van der Waals surface area contributed by atoms with Gasteiger partial charge in [0, 0.05) is 14.2 Å². The van der Waals surface area contributed by atoms with Crippen LogP contribution in [0, 0.1) is 0 Å². The largest absolute Gasteiger partial charge is 0.349 e. The van der Waals surface area contributed by atoms with Crippen molar-refractivity contribution in [2.75, 3.05) is 14.2 Å². The Labute approximate surface area is 143 Å². The number of alkyl halides is 2. The average Bonchev–Trinajstić information content (AvgIpc) is 2.79. The molecule has 0 amide bonds. The summed E-state index contributed by atoms with van der Waals surface area (Å²) >= 11 is 26.3. The summed E-state index contributed by atoms with van der Waals surface area (Å²) < 4.78 is 11.2. The zero-order valence-corrected chi connectivity index (χ0v) is 14.3. The van der Waals surface area contributed by atoms with Crippen LogP contribution in [0.15, 0.2) is 46.5 Å². The molecular weight excluding hydrogens is 354 g/mol. The molecule has 1 aromatic rings. The Morgan fingerprint density at radius 3 is 1.95 bits per heavy atom. The average molecular weight is 366 g/mol. The quantitative estimate of drug-likeness (QED) is 0.569. The first-order valence-corrected chi connectivity index (χ1v) is 7.73. The molecule has 0 spiro atoms. The second-order valence-corrected chi connectivity index (χ2v) is 6.87. The van der Waals surface area contributed by atoms with E-state index in [-0.39, 0.29) is 10.1 Å². The van der Waals surface area contributed by atoms with Gasteiger partial charge in [-0.05, 0) is 17.2 Å². The molecule has 0 N–H and O–H groups in total. The molecule has 1 aromatic carbocycles. The summed E-state index contributed by atoms with van der Waals surface area (Å²) in [4.78, 5) is -2.56. The van der Waals surface area contributed by atoms with Crippen LogP contribution in [-0.2, 0) is 9.47 Å². The number of methoxy groups -OCH3 is 2. The van der Waals surface area contributed by atoms with Crippen molar-refractivity contribution < 1.29 is 9.47 Å². The van der Waals surface area contributed by atoms with E-state index in [0.29, 0.717) is 0 Å². The van der Waals surface area contributed by atoms with Crippen molar-refractivity contribution in [2.45, 2.75) is 15.5 Å². The van der Waals surface area contributed by atoms with Gasteiger partial charge in [-0.15, -0.1) is 23.2 Å². The maximum Gasteiger partial charge on any atom is 0.225 e. The van der Waals surface area contributed by atoms with E-state index in [2.05, 4.69) is 0 Å². The molecule has 0 fully saturated rings. The van der Waals surface area contributed by atoms with Crippen LogP contribution < -0.4 is 0 Å². The molecule has 2 aliphatic rings. The summed E-state index contributed by atoms with van der Waals surface area (Å²) in [6.07, 6.45) is 1.76. The van der Waals surface area contributed by atoms with Crippen LogP contribution >= 0.6 is 46.4 Å². The molecule has 0 radical (unpaired) electrons. The zero-order chi connectivity index (χ0) is 15.5. The third kappa shape index (κ3) is 1.59. The van der Waals surface area contributed by atoms with Crippen LogP contribution in [0.4, 0.5) is 0 Å². The van der Waals surface area contributed by atoms with Gasteiger partial charge in [0.1, 0.15) is 0 Å². The zero-order valence-electron chi connectivity index (χ0n) is 11.3. The predicted octanol–water partition coefficient (Wildman–Crippen LogP) is 4.73. The van der Waals surface area contributed by atoms with Crippen LogP contribution in [0.25, 0.3) is 5.57 Å². The Morgan fingerprint density at radius 1 is 0.905 bits per heavy atom. The van der Waals surface area contributed by atoms with Crippen LogP contribution in [0.5, 0.6) is 0 Å². The molecule has 0 saturated heterocycles. The number of ether oxygens (including phenoxy) is 2. The summed E-state index contributed by atoms with van der Waals surface area (Å²) in [6.45, 7) is 0. The lowest BCUT2D eigenvalue weighted by atomic mass is 9.91. The van der Waals surface area contributed by atoms with E-state index >= 15 is 0 Å². The molecule has 0 unspecified atom stereocenters. The fourth-order valence-corrected chi connectivity index (χ4v) is 5.07. The lowest BCUT2D eigenvalue weighted by Crippen LogP contribution is -2.57. The Kier molecular flexibility index (Phi) is 3.65. The topological polar surface area (TPSA) is 18.5 Å². The third-order valence-electron chi connectivity index (χ3n) is 4.12. The summed E-state index contributed by atoms with van der Waals surface area (Å²) in [5.74, 6) is -1.40. The van der Waals surface area contributed by atoms with E-state index in [4.69, 9.17) is 55.9 Å². The van der Waals surface area contributed by atoms with Crippen molar-refractivity contribution in [1.82, 2.24) is 0 Å². The summed E-state index contributed by atoms with van der Waals surface area (Å²) in [6, 6.07) is 9.57. The molecule has 3 rings (SSSR count). The second-order valence-electron chi connectivity index (χ2n) is 4.95. The molecule has 112 valence electrons. The van der Waals surface area contributed by atoms with Crippen molar-refractivity contribution in [3.63, 3.8) is 0 Å². The summed E-state index contributed by atoms with van der Waals surface area (Å²) in [7, 11) is 2.94. The van der Waals surface area contributed by atoms with E-state index < -0.39 is 15.5 Å². The highest BCUT2D eigenvalue weighted by Crippen LogP contribution is 2.70. The van der Waals surface area contributed by atoms with E-state index in [0.717, 1.165) is 11.1 Å². The normalized spacial score (nSPS) is 33.5. The minimum atomic E-state index is -1.40. The van der Waals surface area contributed by atoms with Crippen LogP contribution in [0.2, 0.25) is 0 Å². The van der Waals surface area contributed by atoms with Gasteiger partial charge in [-0.2, -0.15) is 0 Å². The number of halogens is 4. The second kappa shape index (κ2) is 4.89. The van der Waals surface area contributed by atoms with Gasteiger partial charge in [0.15, 0.2) is 9.75 Å². The van der Waals surface area contributed by atoms with Crippen LogP contribution in [0.3, 0.4) is 0 Å². The molecule has 21 heavy (non-hydrogen) atoms. The van der Waals surface area contributed by atoms with E-state index in [1.807, 2.05) is 30.3 Å². The van der Waals surface area contributed by atoms with E-state index in [1.54, 1.807) is 6.08 Å². The van der Waals surface area contributed by atoms with Gasteiger partial charge in [-0.3, -0.25) is 0 Å². The molecule has 2 bridgehead atoms. The monoisotopic (exact) mass is 364 g/mol. The van der Waals surface area contributed by atoms with Crippen LogP contribution in [0.1, 0.15) is 5.56 Å². The number of benzene rings is 1. The molecule has 0 heterocycles. The molecular formula is C15H12Cl4O2. The molecule has 2 nitrogen and oxygen atoms in total. The fraction of sp³-hybridized carbons (Fsp3) is 0.333. The first kappa shape index (κ1) is 15.7. The Morgan fingerprint density at radius 2 is 1.48 bits per heavy atom. The third-order valence-corrected chi connectivity index (χ3v) is 6.56. The summed E-state index contributed by atoms with van der Waals surface area (Å²) in [5.41, 5.74) is 1.61. The maximum absolute atomic E-state index is 6.88. The standard InChI is InChI=1S/C15H12Cl4O2/c1-20-15(21-2)13(18)8-10(9-6-4-3-5-7-9)14(15,19)12(17)11(13)16/h3-8H,1-2H3/t13-,14-/m1/s1. The minimum absolute atomic E-state index is 0.226. The van der Waals surface area contributed by atoms with E-state index in [9.17, 15) is 0 Å². The fourth-order valence-electron chi connectivity index (χ4n) is 3.16. The molecule has 2 atom stereocenters. The predicted molar refractivity (Wildman–Crippen MR) is 87.1 cm³/mol. The van der Waals surface area contributed by atoms with Gasteiger partial charge in [-0.1, -0.05) is 53.5 Å². The van der Waals surface area contributed by atoms with Crippen LogP contribution in [-0.4, -0.2) is 29.8 Å². The first-order valence-electron chi connectivity index (χ1n) is 6.22. The molecule has 0 aromatic heterocycles. The molecule has 0 aliphatic heterocycles. The lowest BCUT2D eigenvalue weighted by Gasteiger charge is -2.41. The van der Waals surface area contributed by atoms with Gasteiger partial charge >= 0.3 is 0 Å². The Bertz CT molecular complexity index is 651. The highest BCUT2D eigenvalue weighted by Gasteiger charge is 2.77. The number of hydrogen-bond donors (Lipinski definition) is 0. The number of rotatable bonds is 3. The summed E-state index contributed by atoms with van der Waals surface area (Å²) in [5, 5.41) is 0.454. The number of fused-ring (bicyclic) bond motifs is 2. The highest BCUT2D eigenvalue weighted by molar-refractivity contribution is 6.55. The van der Waals surface area contributed by atoms with Gasteiger partial charge in [-0.25, -0.2) is 0 Å². The van der Waals surface area contributed by atoms with Crippen molar-refractivity contribution >= 4 is 52.0 Å². The van der Waals surface area contributed by atoms with Gasteiger partial charge in [0.05, 0.1) is 10.1 Å². The molecule has 2 aliphatic carbocycles. The first-order chi connectivity index (χ1) is 9.89. The van der Waals surface area contributed by atoms with Crippen molar-refractivity contribution in [3.05, 3.63) is 52.0 Å². The van der Waals surface area contributed by atoms with Gasteiger partial charge in [0.25, 0.3) is 0 Å². The van der Waals surface area contributed by atoms with Crippen molar-refractivity contribution in [3.8, 4) is 0 Å². The molecule has 6 heteroatoms.